The number of hydrogen-bond acceptors (Lipinski definition) is 3. The molecule has 0 fully saturated rings. The van der Waals surface area contributed by atoms with Crippen LogP contribution < -0.4 is 15.4 Å². The van der Waals surface area contributed by atoms with E-state index in [1.807, 2.05) is 0 Å². The highest BCUT2D eigenvalue weighted by Gasteiger charge is 2.11. The predicted octanol–water partition coefficient (Wildman–Crippen LogP) is 4.08. The van der Waals surface area contributed by atoms with E-state index < -0.39 is 5.82 Å². The molecule has 2 rings (SSSR count). The van der Waals surface area contributed by atoms with Crippen molar-refractivity contribution >= 4 is 34.8 Å². The van der Waals surface area contributed by atoms with E-state index in [1.54, 1.807) is 25.2 Å². The highest BCUT2D eigenvalue weighted by Crippen LogP contribution is 2.35. The van der Waals surface area contributed by atoms with Crippen molar-refractivity contribution in [2.75, 3.05) is 18.9 Å². The summed E-state index contributed by atoms with van der Waals surface area (Å²) in [7, 11) is 1.64. The number of carbonyl (C=O) groups is 1. The Balaban J connectivity index is 2.16. The number of carbonyl (C=O) groups excluding carboxylic acids is 1. The normalized spacial score (nSPS) is 10.4. The zero-order valence-corrected chi connectivity index (χ0v) is 13.1. The van der Waals surface area contributed by atoms with Gasteiger partial charge in [-0.2, -0.15) is 0 Å². The molecular weight excluding hydrogens is 330 g/mol. The van der Waals surface area contributed by atoms with Gasteiger partial charge in [0.1, 0.15) is 10.8 Å². The lowest BCUT2D eigenvalue weighted by molar-refractivity contribution is -0.115. The molecule has 0 atom stereocenters. The molecule has 7 heteroatoms. The molecule has 0 aliphatic rings. The number of nitrogens with one attached hydrogen (secondary N) is 2. The minimum Gasteiger partial charge on any atom is -0.453 e. The summed E-state index contributed by atoms with van der Waals surface area (Å²) in [6, 6.07) is 8.94. The summed E-state index contributed by atoms with van der Waals surface area (Å²) in [5, 5.41) is 5.77. The van der Waals surface area contributed by atoms with Crippen molar-refractivity contribution in [3.63, 3.8) is 0 Å². The Morgan fingerprint density at radius 2 is 2.00 bits per heavy atom. The monoisotopic (exact) mass is 342 g/mol. The van der Waals surface area contributed by atoms with Crippen molar-refractivity contribution in [2.45, 2.75) is 0 Å². The SMILES string of the molecule is CNCC(=O)Nc1ccc(Oc2cccc(Cl)c2Cl)c(F)c1. The highest BCUT2D eigenvalue weighted by atomic mass is 35.5. The van der Waals surface area contributed by atoms with Crippen molar-refractivity contribution in [3.05, 3.63) is 52.3 Å². The predicted molar refractivity (Wildman–Crippen MR) is 85.5 cm³/mol. The van der Waals surface area contributed by atoms with Gasteiger partial charge in [0, 0.05) is 11.8 Å². The molecule has 2 aromatic rings. The Morgan fingerprint density at radius 3 is 2.68 bits per heavy atom. The Labute approximate surface area is 137 Å². The third-order valence-electron chi connectivity index (χ3n) is 2.69. The maximum atomic E-state index is 14.0. The quantitative estimate of drug-likeness (QED) is 0.860. The molecule has 0 aromatic heterocycles. The van der Waals surface area contributed by atoms with Gasteiger partial charge in [0.15, 0.2) is 11.6 Å². The molecule has 22 heavy (non-hydrogen) atoms. The maximum absolute atomic E-state index is 14.0. The highest BCUT2D eigenvalue weighted by molar-refractivity contribution is 6.42. The lowest BCUT2D eigenvalue weighted by Gasteiger charge is -2.11. The molecule has 0 heterocycles. The topological polar surface area (TPSA) is 50.4 Å². The number of anilines is 1. The van der Waals surface area contributed by atoms with E-state index >= 15 is 0 Å². The average Bonchev–Trinajstić information content (AvgIpc) is 2.46. The molecule has 1 amide bonds. The maximum Gasteiger partial charge on any atom is 0.238 e. The lowest BCUT2D eigenvalue weighted by atomic mass is 10.2. The minimum atomic E-state index is -0.627. The second-order valence-electron chi connectivity index (χ2n) is 4.38. The molecule has 0 saturated carbocycles. The minimum absolute atomic E-state index is 0.0178. The molecule has 0 spiro atoms. The second kappa shape index (κ2) is 7.45. The number of likely N-dealkylation sites (N-methyl/N-ethyl adjacent to an activating group) is 1. The van der Waals surface area contributed by atoms with Gasteiger partial charge in [-0.3, -0.25) is 4.79 Å². The number of hydrogen-bond donors (Lipinski definition) is 2. The first-order valence-corrected chi connectivity index (χ1v) is 7.12. The molecule has 0 aliphatic carbocycles. The van der Waals surface area contributed by atoms with Gasteiger partial charge in [-0.05, 0) is 31.3 Å². The summed E-state index contributed by atoms with van der Waals surface area (Å²) in [6.07, 6.45) is 0. The number of amides is 1. The van der Waals surface area contributed by atoms with Gasteiger partial charge in [-0.25, -0.2) is 4.39 Å². The molecule has 2 aromatic carbocycles. The van der Waals surface area contributed by atoms with E-state index in [0.29, 0.717) is 10.7 Å². The van der Waals surface area contributed by atoms with Crippen LogP contribution in [0.15, 0.2) is 36.4 Å². The number of rotatable bonds is 5. The first-order chi connectivity index (χ1) is 10.5. The fourth-order valence-corrected chi connectivity index (χ4v) is 2.04. The van der Waals surface area contributed by atoms with E-state index in [-0.39, 0.29) is 29.0 Å². The summed E-state index contributed by atoms with van der Waals surface area (Å²) in [5.41, 5.74) is 0.335. The summed E-state index contributed by atoms with van der Waals surface area (Å²) in [6.45, 7) is 0.137. The molecule has 116 valence electrons. The summed E-state index contributed by atoms with van der Waals surface area (Å²) >= 11 is 11.9. The van der Waals surface area contributed by atoms with Gasteiger partial charge >= 0.3 is 0 Å². The van der Waals surface area contributed by atoms with Crippen molar-refractivity contribution in [1.82, 2.24) is 5.32 Å². The Hall–Kier alpha value is -1.82. The van der Waals surface area contributed by atoms with Gasteiger partial charge in [0.2, 0.25) is 5.91 Å². The molecule has 4 nitrogen and oxygen atoms in total. The van der Waals surface area contributed by atoms with Crippen LogP contribution >= 0.6 is 23.2 Å². The summed E-state index contributed by atoms with van der Waals surface area (Å²) in [4.78, 5) is 11.4. The zero-order valence-electron chi connectivity index (χ0n) is 11.6. The third-order valence-corrected chi connectivity index (χ3v) is 3.49. The largest absolute Gasteiger partial charge is 0.453 e. The summed E-state index contributed by atoms with van der Waals surface area (Å²) < 4.78 is 19.4. The van der Waals surface area contributed by atoms with Crippen molar-refractivity contribution in [1.29, 1.82) is 0 Å². The van der Waals surface area contributed by atoms with Gasteiger partial charge in [0.25, 0.3) is 0 Å². The Morgan fingerprint density at radius 1 is 1.23 bits per heavy atom. The van der Waals surface area contributed by atoms with Crippen LogP contribution in [-0.2, 0) is 4.79 Å². The van der Waals surface area contributed by atoms with Gasteiger partial charge < -0.3 is 15.4 Å². The zero-order chi connectivity index (χ0) is 16.1. The fourth-order valence-electron chi connectivity index (χ4n) is 1.71. The van der Waals surface area contributed by atoms with Crippen LogP contribution in [0.25, 0.3) is 0 Å². The molecular formula is C15H13Cl2FN2O2. The van der Waals surface area contributed by atoms with E-state index in [1.165, 1.54) is 18.2 Å². The van der Waals surface area contributed by atoms with E-state index in [0.717, 1.165) is 0 Å². The van der Waals surface area contributed by atoms with E-state index in [9.17, 15) is 9.18 Å². The molecule has 0 aliphatic heterocycles. The molecule has 0 bridgehead atoms. The second-order valence-corrected chi connectivity index (χ2v) is 5.16. The number of benzene rings is 2. The Bertz CT molecular complexity index is 695. The van der Waals surface area contributed by atoms with Crippen LogP contribution in [-0.4, -0.2) is 19.5 Å². The van der Waals surface area contributed by atoms with Crippen LogP contribution in [0, 0.1) is 5.82 Å². The summed E-state index contributed by atoms with van der Waals surface area (Å²) in [5.74, 6) is -0.664. The van der Waals surface area contributed by atoms with E-state index in [4.69, 9.17) is 27.9 Å². The fraction of sp³-hybridized carbons (Fsp3) is 0.133. The molecule has 0 unspecified atom stereocenters. The van der Waals surface area contributed by atoms with Crippen LogP contribution in [0.5, 0.6) is 11.5 Å². The number of ether oxygens (including phenoxy) is 1. The van der Waals surface area contributed by atoms with Crippen LogP contribution in [0.2, 0.25) is 10.0 Å². The lowest BCUT2D eigenvalue weighted by Crippen LogP contribution is -2.25. The van der Waals surface area contributed by atoms with Gasteiger partial charge in [-0.15, -0.1) is 0 Å². The van der Waals surface area contributed by atoms with Crippen molar-refractivity contribution < 1.29 is 13.9 Å². The van der Waals surface area contributed by atoms with Crippen molar-refractivity contribution in [2.24, 2.45) is 0 Å². The van der Waals surface area contributed by atoms with Gasteiger partial charge in [0.05, 0.1) is 11.6 Å². The first-order valence-electron chi connectivity index (χ1n) is 6.37. The number of halogens is 3. The van der Waals surface area contributed by atoms with Gasteiger partial charge in [-0.1, -0.05) is 29.3 Å². The smallest absolute Gasteiger partial charge is 0.238 e. The molecule has 2 N–H and O–H groups in total. The van der Waals surface area contributed by atoms with Crippen LogP contribution in [0.4, 0.5) is 10.1 Å². The van der Waals surface area contributed by atoms with E-state index in [2.05, 4.69) is 10.6 Å². The van der Waals surface area contributed by atoms with Crippen LogP contribution in [0.1, 0.15) is 0 Å². The van der Waals surface area contributed by atoms with Crippen LogP contribution in [0.3, 0.4) is 0 Å². The first kappa shape index (κ1) is 16.5. The Kier molecular flexibility index (Phi) is 5.60. The average molecular weight is 343 g/mol. The standard InChI is InChI=1S/C15H13Cl2FN2O2/c1-19-8-14(21)20-9-5-6-12(11(18)7-9)22-13-4-2-3-10(16)15(13)17/h2-7,19H,8H2,1H3,(H,20,21). The molecule has 0 radical (unpaired) electrons. The molecule has 0 saturated heterocycles. The van der Waals surface area contributed by atoms with Crippen molar-refractivity contribution in [3.8, 4) is 11.5 Å². The third kappa shape index (κ3) is 4.10.